The van der Waals surface area contributed by atoms with E-state index in [1.807, 2.05) is 19.0 Å². The molecule has 0 radical (unpaired) electrons. The van der Waals surface area contributed by atoms with Crippen LogP contribution in [0.15, 0.2) is 24.3 Å². The van der Waals surface area contributed by atoms with E-state index in [-0.39, 0.29) is 17.6 Å². The van der Waals surface area contributed by atoms with E-state index in [2.05, 4.69) is 0 Å². The van der Waals surface area contributed by atoms with E-state index in [0.717, 1.165) is 0 Å². The molecule has 0 fully saturated rings. The highest BCUT2D eigenvalue weighted by molar-refractivity contribution is 5.23. The second-order valence-corrected chi connectivity index (χ2v) is 3.59. The molecular formula is C11H17FN2O. The van der Waals surface area contributed by atoms with Gasteiger partial charge in [-0.2, -0.15) is 0 Å². The first kappa shape index (κ1) is 11.9. The second kappa shape index (κ2) is 5.68. The zero-order valence-corrected chi connectivity index (χ0v) is 9.11. The van der Waals surface area contributed by atoms with Gasteiger partial charge in [0.25, 0.3) is 0 Å². The summed E-state index contributed by atoms with van der Waals surface area (Å²) in [6.45, 7) is 0.881. The summed E-state index contributed by atoms with van der Waals surface area (Å²) in [5.41, 5.74) is 5.56. The molecule has 0 aromatic heterocycles. The molecule has 3 nitrogen and oxygen atoms in total. The number of halogens is 1. The number of benzene rings is 1. The van der Waals surface area contributed by atoms with Gasteiger partial charge >= 0.3 is 0 Å². The molecule has 84 valence electrons. The van der Waals surface area contributed by atoms with Crippen LogP contribution >= 0.6 is 0 Å². The maximum absolute atomic E-state index is 13.2. The Bertz CT molecular complexity index is 304. The van der Waals surface area contributed by atoms with Crippen molar-refractivity contribution in [1.82, 2.24) is 4.90 Å². The van der Waals surface area contributed by atoms with Gasteiger partial charge < -0.3 is 15.4 Å². The topological polar surface area (TPSA) is 38.5 Å². The van der Waals surface area contributed by atoms with Gasteiger partial charge in [-0.15, -0.1) is 0 Å². The van der Waals surface area contributed by atoms with Crippen molar-refractivity contribution in [3.05, 3.63) is 30.1 Å². The number of hydrogen-bond donors (Lipinski definition) is 1. The number of hydrogen-bond acceptors (Lipinski definition) is 3. The van der Waals surface area contributed by atoms with Crippen LogP contribution < -0.4 is 10.5 Å². The van der Waals surface area contributed by atoms with E-state index in [4.69, 9.17) is 10.5 Å². The number of ether oxygens (including phenoxy) is 1. The van der Waals surface area contributed by atoms with Crippen molar-refractivity contribution in [2.75, 3.05) is 27.2 Å². The van der Waals surface area contributed by atoms with Crippen molar-refractivity contribution in [3.8, 4) is 5.75 Å². The molecule has 1 aromatic carbocycles. The van der Waals surface area contributed by atoms with E-state index in [0.29, 0.717) is 13.2 Å². The number of rotatable bonds is 5. The first-order valence-corrected chi connectivity index (χ1v) is 4.89. The van der Waals surface area contributed by atoms with Gasteiger partial charge in [-0.05, 0) is 26.2 Å². The lowest BCUT2D eigenvalue weighted by Crippen LogP contribution is -2.39. The van der Waals surface area contributed by atoms with Crippen LogP contribution in [-0.2, 0) is 0 Å². The first-order valence-electron chi connectivity index (χ1n) is 4.89. The molecule has 0 aliphatic rings. The quantitative estimate of drug-likeness (QED) is 0.794. The molecular weight excluding hydrogens is 195 g/mol. The van der Waals surface area contributed by atoms with Crippen molar-refractivity contribution in [2.45, 2.75) is 6.04 Å². The summed E-state index contributed by atoms with van der Waals surface area (Å²) >= 11 is 0. The van der Waals surface area contributed by atoms with Crippen LogP contribution in [0, 0.1) is 5.82 Å². The Labute approximate surface area is 89.6 Å². The van der Waals surface area contributed by atoms with Crippen LogP contribution in [0.25, 0.3) is 0 Å². The molecule has 0 saturated heterocycles. The zero-order chi connectivity index (χ0) is 11.3. The minimum atomic E-state index is -0.341. The summed E-state index contributed by atoms with van der Waals surface area (Å²) in [5, 5.41) is 0. The molecule has 0 spiro atoms. The summed E-state index contributed by atoms with van der Waals surface area (Å²) in [6.07, 6.45) is 0. The predicted molar refractivity (Wildman–Crippen MR) is 58.4 cm³/mol. The fourth-order valence-electron chi connectivity index (χ4n) is 1.18. The smallest absolute Gasteiger partial charge is 0.165 e. The van der Waals surface area contributed by atoms with Crippen LogP contribution in [0.4, 0.5) is 4.39 Å². The van der Waals surface area contributed by atoms with Crippen molar-refractivity contribution in [1.29, 1.82) is 0 Å². The first-order chi connectivity index (χ1) is 7.15. The third-order valence-corrected chi connectivity index (χ3v) is 2.27. The summed E-state index contributed by atoms with van der Waals surface area (Å²) in [7, 11) is 3.84. The second-order valence-electron chi connectivity index (χ2n) is 3.59. The zero-order valence-electron chi connectivity index (χ0n) is 9.11. The van der Waals surface area contributed by atoms with E-state index in [1.165, 1.54) is 6.07 Å². The van der Waals surface area contributed by atoms with Crippen LogP contribution in [-0.4, -0.2) is 38.2 Å². The summed E-state index contributed by atoms with van der Waals surface area (Å²) in [4.78, 5) is 1.96. The number of para-hydroxylation sites is 1. The standard InChI is InChI=1S/C11H17FN2O/c1-14(2)9(7-13)8-15-11-6-4-3-5-10(11)12/h3-6,9H,7-8,13H2,1-2H3. The Hall–Kier alpha value is -1.13. The number of nitrogens with zero attached hydrogens (tertiary/aromatic N) is 1. The van der Waals surface area contributed by atoms with Crippen molar-refractivity contribution in [3.63, 3.8) is 0 Å². The molecule has 0 aliphatic heterocycles. The van der Waals surface area contributed by atoms with Crippen LogP contribution in [0.5, 0.6) is 5.75 Å². The molecule has 2 N–H and O–H groups in total. The maximum atomic E-state index is 13.2. The normalized spacial score (nSPS) is 12.9. The van der Waals surface area contributed by atoms with E-state index >= 15 is 0 Å². The molecule has 1 atom stereocenters. The van der Waals surface area contributed by atoms with Gasteiger partial charge in [0.2, 0.25) is 0 Å². The summed E-state index contributed by atoms with van der Waals surface area (Å²) < 4.78 is 18.5. The van der Waals surface area contributed by atoms with Crippen molar-refractivity contribution < 1.29 is 9.13 Å². The highest BCUT2D eigenvalue weighted by Gasteiger charge is 2.11. The van der Waals surface area contributed by atoms with E-state index in [9.17, 15) is 4.39 Å². The fourth-order valence-corrected chi connectivity index (χ4v) is 1.18. The summed E-state index contributed by atoms with van der Waals surface area (Å²) in [5.74, 6) is -0.0650. The van der Waals surface area contributed by atoms with Crippen LogP contribution in [0.2, 0.25) is 0 Å². The summed E-state index contributed by atoms with van der Waals surface area (Å²) in [6, 6.07) is 6.46. The molecule has 0 aliphatic carbocycles. The Morgan fingerprint density at radius 1 is 1.40 bits per heavy atom. The fraction of sp³-hybridized carbons (Fsp3) is 0.455. The maximum Gasteiger partial charge on any atom is 0.165 e. The molecule has 0 amide bonds. The predicted octanol–water partition coefficient (Wildman–Crippen LogP) is 1.09. The molecule has 1 rings (SSSR count). The largest absolute Gasteiger partial charge is 0.489 e. The molecule has 1 aromatic rings. The third kappa shape index (κ3) is 3.49. The Balaban J connectivity index is 2.53. The van der Waals surface area contributed by atoms with Crippen molar-refractivity contribution >= 4 is 0 Å². The van der Waals surface area contributed by atoms with Gasteiger partial charge in [-0.1, -0.05) is 12.1 Å². The minimum Gasteiger partial charge on any atom is -0.489 e. The molecule has 0 saturated carbocycles. The van der Waals surface area contributed by atoms with Gasteiger partial charge in [0, 0.05) is 6.54 Å². The van der Waals surface area contributed by atoms with Crippen LogP contribution in [0.1, 0.15) is 0 Å². The lowest BCUT2D eigenvalue weighted by molar-refractivity contribution is 0.185. The molecule has 15 heavy (non-hydrogen) atoms. The Morgan fingerprint density at radius 3 is 2.60 bits per heavy atom. The lowest BCUT2D eigenvalue weighted by Gasteiger charge is -2.22. The van der Waals surface area contributed by atoms with Gasteiger partial charge in [0.05, 0.1) is 6.04 Å². The van der Waals surface area contributed by atoms with Gasteiger partial charge in [0.1, 0.15) is 6.61 Å². The molecule has 0 heterocycles. The molecule has 1 unspecified atom stereocenters. The SMILES string of the molecule is CN(C)C(CN)COc1ccccc1F. The minimum absolute atomic E-state index is 0.101. The van der Waals surface area contributed by atoms with Crippen LogP contribution in [0.3, 0.4) is 0 Å². The average molecular weight is 212 g/mol. The number of nitrogens with two attached hydrogens (primary N) is 1. The number of likely N-dealkylation sites (N-methyl/N-ethyl adjacent to an activating group) is 1. The lowest BCUT2D eigenvalue weighted by atomic mass is 10.3. The van der Waals surface area contributed by atoms with Crippen molar-refractivity contribution in [2.24, 2.45) is 5.73 Å². The Kier molecular flexibility index (Phi) is 4.52. The average Bonchev–Trinajstić information content (AvgIpc) is 2.21. The highest BCUT2D eigenvalue weighted by Crippen LogP contribution is 2.15. The van der Waals surface area contributed by atoms with E-state index in [1.54, 1.807) is 18.2 Å². The molecule has 0 bridgehead atoms. The third-order valence-electron chi connectivity index (χ3n) is 2.27. The van der Waals surface area contributed by atoms with Gasteiger partial charge in [-0.3, -0.25) is 0 Å². The Morgan fingerprint density at radius 2 is 2.07 bits per heavy atom. The van der Waals surface area contributed by atoms with E-state index < -0.39 is 0 Å². The van der Waals surface area contributed by atoms with Gasteiger partial charge in [0.15, 0.2) is 11.6 Å². The monoisotopic (exact) mass is 212 g/mol. The molecule has 4 heteroatoms. The highest BCUT2D eigenvalue weighted by atomic mass is 19.1. The van der Waals surface area contributed by atoms with Gasteiger partial charge in [-0.25, -0.2) is 4.39 Å².